The minimum absolute atomic E-state index is 0.254. The van der Waals surface area contributed by atoms with Crippen LogP contribution >= 0.6 is 0 Å². The Morgan fingerprint density at radius 3 is 2.85 bits per heavy atom. The molecule has 2 heteroatoms. The number of epoxide rings is 1. The summed E-state index contributed by atoms with van der Waals surface area (Å²) in [5, 5.41) is 1.19. The first kappa shape index (κ1) is 7.04. The molecule has 1 aliphatic rings. The molecule has 0 spiro atoms. The van der Waals surface area contributed by atoms with Gasteiger partial charge in [0, 0.05) is 5.39 Å². The second-order valence-corrected chi connectivity index (χ2v) is 3.25. The molecule has 64 valence electrons. The first-order valence-corrected chi connectivity index (χ1v) is 4.41. The maximum atomic E-state index is 5.18. The number of hydrogen-bond acceptors (Lipinski definition) is 2. The number of fused-ring (bicyclic) bond motifs is 1. The zero-order chi connectivity index (χ0) is 8.67. The fraction of sp³-hybridized carbons (Fsp3) is 0.182. The molecule has 1 atom stereocenters. The van der Waals surface area contributed by atoms with E-state index >= 15 is 0 Å². The highest BCUT2D eigenvalue weighted by molar-refractivity contribution is 5.78. The van der Waals surface area contributed by atoms with E-state index in [0.29, 0.717) is 0 Å². The minimum Gasteiger partial charge on any atom is -0.366 e. The van der Waals surface area contributed by atoms with Gasteiger partial charge in [0.2, 0.25) is 0 Å². The van der Waals surface area contributed by atoms with Gasteiger partial charge in [-0.25, -0.2) is 4.98 Å². The van der Waals surface area contributed by atoms with E-state index in [1.165, 1.54) is 5.39 Å². The van der Waals surface area contributed by atoms with Crippen molar-refractivity contribution < 1.29 is 4.74 Å². The smallest absolute Gasteiger partial charge is 0.123 e. The van der Waals surface area contributed by atoms with E-state index in [4.69, 9.17) is 4.74 Å². The lowest BCUT2D eigenvalue weighted by atomic mass is 10.2. The van der Waals surface area contributed by atoms with Crippen molar-refractivity contribution in [2.45, 2.75) is 6.10 Å². The zero-order valence-corrected chi connectivity index (χ0v) is 7.10. The number of ether oxygens (including phenoxy) is 1. The van der Waals surface area contributed by atoms with Gasteiger partial charge in [-0.3, -0.25) is 0 Å². The lowest BCUT2D eigenvalue weighted by Crippen LogP contribution is -1.87. The van der Waals surface area contributed by atoms with E-state index in [1.54, 1.807) is 0 Å². The molecule has 0 radical (unpaired) electrons. The monoisotopic (exact) mass is 171 g/mol. The predicted molar refractivity (Wildman–Crippen MR) is 50.4 cm³/mol. The molecule has 2 aromatic rings. The predicted octanol–water partition coefficient (Wildman–Crippen LogP) is 2.31. The first-order chi connectivity index (χ1) is 6.43. The number of rotatable bonds is 1. The molecule has 2 heterocycles. The van der Waals surface area contributed by atoms with Gasteiger partial charge in [-0.1, -0.05) is 24.3 Å². The second-order valence-electron chi connectivity index (χ2n) is 3.25. The minimum atomic E-state index is 0.254. The van der Waals surface area contributed by atoms with Gasteiger partial charge < -0.3 is 4.74 Å². The summed E-state index contributed by atoms with van der Waals surface area (Å²) in [4.78, 5) is 4.51. The molecule has 0 unspecified atom stereocenters. The van der Waals surface area contributed by atoms with Crippen LogP contribution in [0.25, 0.3) is 10.9 Å². The van der Waals surface area contributed by atoms with Crippen molar-refractivity contribution >= 4 is 10.9 Å². The lowest BCUT2D eigenvalue weighted by molar-refractivity contribution is 0.412. The Morgan fingerprint density at radius 1 is 1.15 bits per heavy atom. The number of pyridine rings is 1. The van der Waals surface area contributed by atoms with Crippen LogP contribution in [0.2, 0.25) is 0 Å². The van der Waals surface area contributed by atoms with Crippen LogP contribution in [0.15, 0.2) is 36.4 Å². The highest BCUT2D eigenvalue weighted by atomic mass is 16.6. The van der Waals surface area contributed by atoms with Crippen LogP contribution in [0, 0.1) is 0 Å². The Bertz CT molecular complexity index is 449. The Hall–Kier alpha value is -1.41. The van der Waals surface area contributed by atoms with Crippen LogP contribution in [-0.2, 0) is 4.74 Å². The number of benzene rings is 1. The van der Waals surface area contributed by atoms with Gasteiger partial charge in [-0.15, -0.1) is 0 Å². The Balaban J connectivity index is 2.21. The van der Waals surface area contributed by atoms with E-state index in [-0.39, 0.29) is 6.10 Å². The molecular weight excluding hydrogens is 162 g/mol. The summed E-state index contributed by atoms with van der Waals surface area (Å²) in [5.41, 5.74) is 2.11. The average molecular weight is 171 g/mol. The Labute approximate surface area is 76.2 Å². The maximum absolute atomic E-state index is 5.18. The fourth-order valence-electron chi connectivity index (χ4n) is 1.48. The third-order valence-corrected chi connectivity index (χ3v) is 2.28. The fourth-order valence-corrected chi connectivity index (χ4v) is 1.48. The van der Waals surface area contributed by atoms with Gasteiger partial charge in [-0.05, 0) is 12.1 Å². The molecule has 3 rings (SSSR count). The van der Waals surface area contributed by atoms with Crippen LogP contribution < -0.4 is 0 Å². The van der Waals surface area contributed by atoms with Crippen LogP contribution in [0.3, 0.4) is 0 Å². The van der Waals surface area contributed by atoms with E-state index in [1.807, 2.05) is 24.3 Å². The topological polar surface area (TPSA) is 25.4 Å². The molecule has 1 saturated heterocycles. The summed E-state index contributed by atoms with van der Waals surface area (Å²) in [5.74, 6) is 0. The van der Waals surface area contributed by atoms with Gasteiger partial charge >= 0.3 is 0 Å². The zero-order valence-electron chi connectivity index (χ0n) is 7.10. The van der Waals surface area contributed by atoms with Crippen molar-refractivity contribution in [1.29, 1.82) is 0 Å². The number of nitrogens with zero attached hydrogens (tertiary/aromatic N) is 1. The Kier molecular flexibility index (Phi) is 1.37. The van der Waals surface area contributed by atoms with Gasteiger partial charge in [0.25, 0.3) is 0 Å². The summed E-state index contributed by atoms with van der Waals surface area (Å²) in [6.45, 7) is 0.825. The van der Waals surface area contributed by atoms with Crippen molar-refractivity contribution in [2.75, 3.05) is 6.61 Å². The third kappa shape index (κ3) is 1.19. The van der Waals surface area contributed by atoms with Crippen molar-refractivity contribution in [3.8, 4) is 0 Å². The van der Waals surface area contributed by atoms with Gasteiger partial charge in [0.1, 0.15) is 6.10 Å². The summed E-state index contributed by atoms with van der Waals surface area (Å²) in [7, 11) is 0. The van der Waals surface area contributed by atoms with E-state index in [2.05, 4.69) is 17.1 Å². The summed E-state index contributed by atoms with van der Waals surface area (Å²) < 4.78 is 5.18. The van der Waals surface area contributed by atoms with Gasteiger partial charge in [0.15, 0.2) is 0 Å². The van der Waals surface area contributed by atoms with Crippen molar-refractivity contribution in [2.24, 2.45) is 0 Å². The third-order valence-electron chi connectivity index (χ3n) is 2.28. The largest absolute Gasteiger partial charge is 0.366 e. The van der Waals surface area contributed by atoms with E-state index < -0.39 is 0 Å². The van der Waals surface area contributed by atoms with Crippen LogP contribution in [0.5, 0.6) is 0 Å². The SMILES string of the molecule is c1ccc2nc([C@@H]3CO3)ccc2c1. The van der Waals surface area contributed by atoms with Crippen molar-refractivity contribution in [3.05, 3.63) is 42.1 Å². The molecule has 0 aliphatic carbocycles. The number of para-hydroxylation sites is 1. The van der Waals surface area contributed by atoms with Crippen LogP contribution in [0.4, 0.5) is 0 Å². The highest BCUT2D eigenvalue weighted by Crippen LogP contribution is 2.29. The van der Waals surface area contributed by atoms with Crippen molar-refractivity contribution in [1.82, 2.24) is 4.98 Å². The van der Waals surface area contributed by atoms with Gasteiger partial charge in [-0.2, -0.15) is 0 Å². The Morgan fingerprint density at radius 2 is 2.00 bits per heavy atom. The number of aromatic nitrogens is 1. The summed E-state index contributed by atoms with van der Waals surface area (Å²) in [6.07, 6.45) is 0.254. The second kappa shape index (κ2) is 2.54. The van der Waals surface area contributed by atoms with E-state index in [9.17, 15) is 0 Å². The molecule has 1 fully saturated rings. The molecule has 0 amide bonds. The first-order valence-electron chi connectivity index (χ1n) is 4.41. The van der Waals surface area contributed by atoms with Gasteiger partial charge in [0.05, 0.1) is 17.8 Å². The van der Waals surface area contributed by atoms with E-state index in [0.717, 1.165) is 17.8 Å². The van der Waals surface area contributed by atoms with Crippen LogP contribution in [-0.4, -0.2) is 11.6 Å². The molecule has 13 heavy (non-hydrogen) atoms. The molecule has 1 aromatic heterocycles. The summed E-state index contributed by atoms with van der Waals surface area (Å²) in [6, 6.07) is 12.3. The van der Waals surface area contributed by atoms with Crippen LogP contribution in [0.1, 0.15) is 11.8 Å². The molecule has 0 saturated carbocycles. The normalized spacial score (nSPS) is 20.5. The average Bonchev–Trinajstić information content (AvgIpc) is 3.00. The molecule has 0 bridgehead atoms. The van der Waals surface area contributed by atoms with Crippen molar-refractivity contribution in [3.63, 3.8) is 0 Å². The highest BCUT2D eigenvalue weighted by Gasteiger charge is 2.25. The molecule has 2 nitrogen and oxygen atoms in total. The number of hydrogen-bond donors (Lipinski definition) is 0. The summed E-state index contributed by atoms with van der Waals surface area (Å²) >= 11 is 0. The standard InChI is InChI=1S/C11H9NO/c1-2-4-9-8(3-1)5-6-10(12-9)11-7-13-11/h1-6,11H,7H2/t11-/m0/s1. The maximum Gasteiger partial charge on any atom is 0.123 e. The molecule has 1 aromatic carbocycles. The quantitative estimate of drug-likeness (QED) is 0.615. The molecule has 0 N–H and O–H groups in total. The lowest BCUT2D eigenvalue weighted by Gasteiger charge is -1.98. The molecule has 1 aliphatic heterocycles. The molecular formula is C11H9NO.